The molecule has 2 aromatic carbocycles. The second-order valence-corrected chi connectivity index (χ2v) is 9.82. The summed E-state index contributed by atoms with van der Waals surface area (Å²) >= 11 is 8.66. The number of carbonyl (C=O) groups is 1. The van der Waals surface area contributed by atoms with E-state index >= 15 is 0 Å². The number of thiazole rings is 1. The number of benzene rings is 2. The first-order valence-electron chi connectivity index (χ1n) is 10.7. The van der Waals surface area contributed by atoms with Crippen molar-refractivity contribution in [3.63, 3.8) is 0 Å². The van der Waals surface area contributed by atoms with Crippen LogP contribution < -0.4 is 10.1 Å². The molecule has 0 aliphatic heterocycles. The van der Waals surface area contributed by atoms with Crippen molar-refractivity contribution >= 4 is 45.7 Å². The molecule has 0 atom stereocenters. The van der Waals surface area contributed by atoms with Crippen molar-refractivity contribution in [3.05, 3.63) is 69.8 Å². The molecule has 0 aliphatic carbocycles. The molecule has 2 heterocycles. The third-order valence-corrected chi connectivity index (χ3v) is 7.00. The highest BCUT2D eigenvalue weighted by atomic mass is 35.5. The molecular weight excluding hydrogens is 490 g/mol. The topological polar surface area (TPSA) is 81.9 Å². The Morgan fingerprint density at radius 3 is 2.71 bits per heavy atom. The van der Waals surface area contributed by atoms with Gasteiger partial charge in [-0.15, -0.1) is 21.5 Å². The molecule has 34 heavy (non-hydrogen) atoms. The lowest BCUT2D eigenvalue weighted by molar-refractivity contribution is -0.113. The average molecular weight is 514 g/mol. The first-order valence-corrected chi connectivity index (χ1v) is 12.9. The third-order valence-electron chi connectivity index (χ3n) is 5.02. The van der Waals surface area contributed by atoms with Gasteiger partial charge >= 0.3 is 0 Å². The monoisotopic (exact) mass is 513 g/mol. The maximum atomic E-state index is 12.5. The standard InChI is InChI=1S/C24H24ClN5O2S2/c1-4-30-21(12-32-20-10-5-15(2)11-16(20)3)28-29-24(30)34-14-22(31)27-23-26-19(13-33-23)17-6-8-18(25)9-7-17/h5-11,13H,4,12,14H2,1-3H3,(H,26,27,31). The van der Waals surface area contributed by atoms with Crippen molar-refractivity contribution in [2.45, 2.75) is 39.1 Å². The number of hydrogen-bond donors (Lipinski definition) is 1. The van der Waals surface area contributed by atoms with Crippen LogP contribution >= 0.6 is 34.7 Å². The van der Waals surface area contributed by atoms with Crippen molar-refractivity contribution in [1.29, 1.82) is 0 Å². The van der Waals surface area contributed by atoms with E-state index in [-0.39, 0.29) is 11.7 Å². The molecule has 1 N–H and O–H groups in total. The fourth-order valence-corrected chi connectivity index (χ4v) is 5.01. The highest BCUT2D eigenvalue weighted by Crippen LogP contribution is 2.27. The summed E-state index contributed by atoms with van der Waals surface area (Å²) in [6, 6.07) is 13.5. The lowest BCUT2D eigenvalue weighted by Gasteiger charge is -2.11. The SMILES string of the molecule is CCn1c(COc2ccc(C)cc2C)nnc1SCC(=O)Nc1nc(-c2ccc(Cl)cc2)cs1. The second-order valence-electron chi connectivity index (χ2n) is 7.58. The summed E-state index contributed by atoms with van der Waals surface area (Å²) in [4.78, 5) is 17.0. The van der Waals surface area contributed by atoms with Crippen LogP contribution in [0.15, 0.2) is 53.0 Å². The lowest BCUT2D eigenvalue weighted by Crippen LogP contribution is -2.14. The summed E-state index contributed by atoms with van der Waals surface area (Å²) in [5.41, 5.74) is 4.01. The fourth-order valence-electron chi connectivity index (χ4n) is 3.32. The Morgan fingerprint density at radius 2 is 1.97 bits per heavy atom. The molecular formula is C24H24ClN5O2S2. The zero-order valence-electron chi connectivity index (χ0n) is 19.0. The number of carbonyl (C=O) groups excluding carboxylic acids is 1. The van der Waals surface area contributed by atoms with Crippen LogP contribution in [0.5, 0.6) is 5.75 Å². The Balaban J connectivity index is 1.33. The largest absolute Gasteiger partial charge is 0.485 e. The molecule has 0 radical (unpaired) electrons. The predicted octanol–water partition coefficient (Wildman–Crippen LogP) is 6.00. The normalized spacial score (nSPS) is 10.9. The molecule has 10 heteroatoms. The van der Waals surface area contributed by atoms with E-state index in [0.717, 1.165) is 28.4 Å². The first kappa shape index (κ1) is 24.3. The molecule has 0 bridgehead atoms. The number of thioether (sulfide) groups is 1. The Morgan fingerprint density at radius 1 is 1.18 bits per heavy atom. The lowest BCUT2D eigenvalue weighted by atomic mass is 10.1. The van der Waals surface area contributed by atoms with Gasteiger partial charge in [-0.2, -0.15) is 0 Å². The van der Waals surface area contributed by atoms with Gasteiger partial charge in [-0.05, 0) is 44.5 Å². The van der Waals surface area contributed by atoms with Gasteiger partial charge in [0.05, 0.1) is 11.4 Å². The number of aromatic nitrogens is 4. The second kappa shape index (κ2) is 11.0. The Hall–Kier alpha value is -2.88. The number of halogens is 1. The summed E-state index contributed by atoms with van der Waals surface area (Å²) in [5, 5.41) is 15.2. The number of hydrogen-bond acceptors (Lipinski definition) is 7. The average Bonchev–Trinajstić information content (AvgIpc) is 3.44. The Labute approximate surface area is 211 Å². The van der Waals surface area contributed by atoms with Gasteiger partial charge in [0.2, 0.25) is 5.91 Å². The number of nitrogens with zero attached hydrogens (tertiary/aromatic N) is 4. The minimum absolute atomic E-state index is 0.152. The number of nitrogens with one attached hydrogen (secondary N) is 1. The van der Waals surface area contributed by atoms with Crippen LogP contribution in [0.25, 0.3) is 11.3 Å². The summed E-state index contributed by atoms with van der Waals surface area (Å²) in [6.45, 7) is 7.08. The molecule has 0 unspecified atom stereocenters. The summed E-state index contributed by atoms with van der Waals surface area (Å²) in [6.07, 6.45) is 0. The smallest absolute Gasteiger partial charge is 0.236 e. The zero-order chi connectivity index (χ0) is 24.1. The van der Waals surface area contributed by atoms with Gasteiger partial charge in [0.1, 0.15) is 12.4 Å². The minimum Gasteiger partial charge on any atom is -0.485 e. The maximum absolute atomic E-state index is 12.5. The van der Waals surface area contributed by atoms with E-state index in [1.54, 1.807) is 0 Å². The zero-order valence-corrected chi connectivity index (χ0v) is 21.4. The van der Waals surface area contributed by atoms with Crippen molar-refractivity contribution in [2.24, 2.45) is 0 Å². The van der Waals surface area contributed by atoms with E-state index < -0.39 is 0 Å². The summed E-state index contributed by atoms with van der Waals surface area (Å²) < 4.78 is 7.92. The molecule has 7 nitrogen and oxygen atoms in total. The van der Waals surface area contributed by atoms with Crippen LogP contribution in [0.2, 0.25) is 5.02 Å². The minimum atomic E-state index is -0.152. The van der Waals surface area contributed by atoms with E-state index in [4.69, 9.17) is 16.3 Å². The van der Waals surface area contributed by atoms with Crippen molar-refractivity contribution < 1.29 is 9.53 Å². The number of ether oxygens (including phenoxy) is 1. The molecule has 0 aliphatic rings. The van der Waals surface area contributed by atoms with E-state index in [1.807, 2.05) is 60.2 Å². The Bertz CT molecular complexity index is 1290. The van der Waals surface area contributed by atoms with Crippen molar-refractivity contribution in [1.82, 2.24) is 19.7 Å². The molecule has 176 valence electrons. The number of amides is 1. The predicted molar refractivity (Wildman–Crippen MR) is 138 cm³/mol. The van der Waals surface area contributed by atoms with Gasteiger partial charge in [-0.25, -0.2) is 4.98 Å². The van der Waals surface area contributed by atoms with Gasteiger partial charge in [0.25, 0.3) is 0 Å². The van der Waals surface area contributed by atoms with E-state index in [1.165, 1.54) is 28.7 Å². The van der Waals surface area contributed by atoms with Crippen molar-refractivity contribution in [3.8, 4) is 17.0 Å². The van der Waals surface area contributed by atoms with Crippen molar-refractivity contribution in [2.75, 3.05) is 11.1 Å². The van der Waals surface area contributed by atoms with Gasteiger partial charge in [-0.3, -0.25) is 4.79 Å². The van der Waals surface area contributed by atoms with E-state index in [9.17, 15) is 4.79 Å². The molecule has 0 saturated carbocycles. The molecule has 1 amide bonds. The van der Waals surface area contributed by atoms with Gasteiger partial charge in [0.15, 0.2) is 16.1 Å². The number of aryl methyl sites for hydroxylation is 2. The molecule has 4 aromatic rings. The first-order chi connectivity index (χ1) is 16.4. The summed E-state index contributed by atoms with van der Waals surface area (Å²) in [5.74, 6) is 1.59. The van der Waals surface area contributed by atoms with Gasteiger partial charge < -0.3 is 14.6 Å². The molecule has 2 aromatic heterocycles. The van der Waals surface area contributed by atoms with Crippen LogP contribution in [-0.2, 0) is 17.9 Å². The molecule has 0 saturated heterocycles. The van der Waals surface area contributed by atoms with E-state index in [0.29, 0.717) is 28.5 Å². The quantitative estimate of drug-likeness (QED) is 0.276. The van der Waals surface area contributed by atoms with Crippen LogP contribution in [0.1, 0.15) is 23.9 Å². The molecule has 0 fully saturated rings. The van der Waals surface area contributed by atoms with Crippen LogP contribution in [-0.4, -0.2) is 31.4 Å². The number of anilines is 1. The van der Waals surface area contributed by atoms with Crippen LogP contribution in [0.3, 0.4) is 0 Å². The maximum Gasteiger partial charge on any atom is 0.236 e. The van der Waals surface area contributed by atoms with Gasteiger partial charge in [-0.1, -0.05) is 53.2 Å². The summed E-state index contributed by atoms with van der Waals surface area (Å²) in [7, 11) is 0. The third kappa shape index (κ3) is 5.97. The van der Waals surface area contributed by atoms with Gasteiger partial charge in [0, 0.05) is 22.5 Å². The Kier molecular flexibility index (Phi) is 7.87. The highest BCUT2D eigenvalue weighted by molar-refractivity contribution is 7.99. The highest BCUT2D eigenvalue weighted by Gasteiger charge is 2.15. The molecule has 4 rings (SSSR count). The van der Waals surface area contributed by atoms with Crippen LogP contribution in [0.4, 0.5) is 5.13 Å². The fraction of sp³-hybridized carbons (Fsp3) is 0.250. The number of rotatable bonds is 9. The van der Waals surface area contributed by atoms with Crippen LogP contribution in [0, 0.1) is 13.8 Å². The van der Waals surface area contributed by atoms with E-state index in [2.05, 4.69) is 33.5 Å². The molecule has 0 spiro atoms.